The molecule has 0 spiro atoms. The normalized spacial score (nSPS) is 10.7. The minimum Gasteiger partial charge on any atom is -0.465 e. The van der Waals surface area contributed by atoms with Crippen molar-refractivity contribution < 1.29 is 19.4 Å². The molecule has 5 nitrogen and oxygen atoms in total. The number of ether oxygens (including phenoxy) is 1. The van der Waals surface area contributed by atoms with Crippen molar-refractivity contribution in [3.63, 3.8) is 0 Å². The van der Waals surface area contributed by atoms with E-state index in [4.69, 9.17) is 9.84 Å². The summed E-state index contributed by atoms with van der Waals surface area (Å²) in [7, 11) is 0. The number of esters is 1. The molecular formula is C21H41NO4. The molecule has 154 valence electrons. The van der Waals surface area contributed by atoms with E-state index in [1.54, 1.807) is 0 Å². The summed E-state index contributed by atoms with van der Waals surface area (Å²) in [5.41, 5.74) is 0. The molecule has 0 aromatic heterocycles. The van der Waals surface area contributed by atoms with Gasteiger partial charge in [-0.25, -0.2) is 4.79 Å². The summed E-state index contributed by atoms with van der Waals surface area (Å²) < 4.78 is 4.95. The highest BCUT2D eigenvalue weighted by Gasteiger charge is 2.04. The lowest BCUT2D eigenvalue weighted by Crippen LogP contribution is -2.29. The monoisotopic (exact) mass is 371 g/mol. The molecule has 2 N–H and O–H groups in total. The van der Waals surface area contributed by atoms with Gasteiger partial charge in [0.25, 0.3) is 0 Å². The summed E-state index contributed by atoms with van der Waals surface area (Å²) in [5.74, 6) is -0.506. The van der Waals surface area contributed by atoms with Crippen LogP contribution in [-0.4, -0.2) is 30.3 Å². The van der Waals surface area contributed by atoms with Crippen LogP contribution in [-0.2, 0) is 9.53 Å². The molecule has 0 saturated heterocycles. The summed E-state index contributed by atoms with van der Waals surface area (Å²) in [6.07, 6.45) is 19.8. The average molecular weight is 372 g/mol. The Morgan fingerprint density at radius 3 is 1.46 bits per heavy atom. The predicted molar refractivity (Wildman–Crippen MR) is 107 cm³/mol. The maximum absolute atomic E-state index is 11.2. The molecule has 0 heterocycles. The third-order valence-electron chi connectivity index (χ3n) is 4.64. The molecule has 0 aromatic carbocycles. The zero-order valence-electron chi connectivity index (χ0n) is 16.9. The maximum Gasteiger partial charge on any atom is 0.405 e. The Kier molecular flexibility index (Phi) is 19.1. The van der Waals surface area contributed by atoms with E-state index < -0.39 is 12.1 Å². The number of hydrogen-bond acceptors (Lipinski definition) is 3. The highest BCUT2D eigenvalue weighted by molar-refractivity contribution is 5.76. The van der Waals surface area contributed by atoms with Gasteiger partial charge in [0.1, 0.15) is 6.54 Å². The zero-order chi connectivity index (χ0) is 19.3. The van der Waals surface area contributed by atoms with Crippen LogP contribution in [0.2, 0.25) is 0 Å². The van der Waals surface area contributed by atoms with E-state index in [1.807, 2.05) is 5.32 Å². The number of nitrogens with one attached hydrogen (secondary N) is 1. The van der Waals surface area contributed by atoms with Crippen molar-refractivity contribution in [2.45, 2.75) is 110 Å². The molecule has 0 saturated carbocycles. The quantitative estimate of drug-likeness (QED) is 0.214. The van der Waals surface area contributed by atoms with Gasteiger partial charge in [0.05, 0.1) is 6.61 Å². The molecule has 1 amide bonds. The van der Waals surface area contributed by atoms with E-state index in [1.165, 1.54) is 89.9 Å². The molecule has 0 fully saturated rings. The van der Waals surface area contributed by atoms with Crippen LogP contribution in [0.15, 0.2) is 0 Å². The second-order valence-electron chi connectivity index (χ2n) is 7.18. The molecular weight excluding hydrogens is 330 g/mol. The molecule has 0 aromatic rings. The fraction of sp³-hybridized carbons (Fsp3) is 0.905. The van der Waals surface area contributed by atoms with Crippen molar-refractivity contribution in [3.8, 4) is 0 Å². The Morgan fingerprint density at radius 1 is 0.692 bits per heavy atom. The van der Waals surface area contributed by atoms with Gasteiger partial charge in [-0.05, 0) is 6.42 Å². The minimum absolute atomic E-state index is 0.270. The summed E-state index contributed by atoms with van der Waals surface area (Å²) in [6.45, 7) is 2.38. The van der Waals surface area contributed by atoms with E-state index in [2.05, 4.69) is 6.92 Å². The molecule has 0 atom stereocenters. The van der Waals surface area contributed by atoms with E-state index in [0.717, 1.165) is 12.8 Å². The largest absolute Gasteiger partial charge is 0.465 e. The highest BCUT2D eigenvalue weighted by Crippen LogP contribution is 2.13. The number of unbranched alkanes of at least 4 members (excludes halogenated alkanes) is 15. The van der Waals surface area contributed by atoms with E-state index in [9.17, 15) is 9.59 Å². The van der Waals surface area contributed by atoms with Crippen LogP contribution in [0.25, 0.3) is 0 Å². The van der Waals surface area contributed by atoms with Crippen LogP contribution >= 0.6 is 0 Å². The molecule has 0 unspecified atom stereocenters. The Hall–Kier alpha value is -1.26. The van der Waals surface area contributed by atoms with Crippen LogP contribution in [0.5, 0.6) is 0 Å². The van der Waals surface area contributed by atoms with Gasteiger partial charge in [-0.15, -0.1) is 0 Å². The third kappa shape index (κ3) is 20.8. The van der Waals surface area contributed by atoms with E-state index >= 15 is 0 Å². The van der Waals surface area contributed by atoms with E-state index in [-0.39, 0.29) is 6.54 Å². The molecule has 26 heavy (non-hydrogen) atoms. The highest BCUT2D eigenvalue weighted by atomic mass is 16.5. The Morgan fingerprint density at radius 2 is 1.08 bits per heavy atom. The molecule has 0 aliphatic rings. The van der Waals surface area contributed by atoms with Crippen molar-refractivity contribution in [2.75, 3.05) is 13.2 Å². The van der Waals surface area contributed by atoms with Gasteiger partial charge in [-0.3, -0.25) is 4.79 Å². The first kappa shape index (κ1) is 24.7. The topological polar surface area (TPSA) is 75.6 Å². The summed E-state index contributed by atoms with van der Waals surface area (Å²) in [6, 6.07) is 0. The maximum atomic E-state index is 11.2. The molecule has 0 aliphatic carbocycles. The van der Waals surface area contributed by atoms with Crippen molar-refractivity contribution in [1.29, 1.82) is 0 Å². The first-order chi connectivity index (χ1) is 12.7. The zero-order valence-corrected chi connectivity index (χ0v) is 16.9. The SMILES string of the molecule is CCCCCCCCCCCCCCCCCCOC(=O)CNC(=O)O. The van der Waals surface area contributed by atoms with Crippen LogP contribution < -0.4 is 5.32 Å². The van der Waals surface area contributed by atoms with Crippen LogP contribution in [0.3, 0.4) is 0 Å². The second kappa shape index (κ2) is 20.1. The predicted octanol–water partition coefficient (Wildman–Crippen LogP) is 6.06. The summed E-state index contributed by atoms with van der Waals surface area (Å²) in [4.78, 5) is 21.4. The van der Waals surface area contributed by atoms with Crippen LogP contribution in [0.4, 0.5) is 4.79 Å². The Bertz CT molecular complexity index is 334. The number of carbonyl (C=O) groups excluding carboxylic acids is 1. The van der Waals surface area contributed by atoms with Crippen LogP contribution in [0, 0.1) is 0 Å². The lowest BCUT2D eigenvalue weighted by Gasteiger charge is -2.05. The van der Waals surface area contributed by atoms with E-state index in [0.29, 0.717) is 6.61 Å². The Balaban J connectivity index is 3.09. The first-order valence-corrected chi connectivity index (χ1v) is 10.8. The lowest BCUT2D eigenvalue weighted by molar-refractivity contribution is -0.142. The number of amides is 1. The minimum atomic E-state index is -1.20. The van der Waals surface area contributed by atoms with Crippen molar-refractivity contribution in [2.24, 2.45) is 0 Å². The molecule has 0 aliphatic heterocycles. The van der Waals surface area contributed by atoms with Gasteiger partial charge in [0.15, 0.2) is 0 Å². The van der Waals surface area contributed by atoms with Crippen LogP contribution in [0.1, 0.15) is 110 Å². The smallest absolute Gasteiger partial charge is 0.405 e. The third-order valence-corrected chi connectivity index (χ3v) is 4.64. The lowest BCUT2D eigenvalue weighted by atomic mass is 10.0. The fourth-order valence-corrected chi connectivity index (χ4v) is 3.03. The van der Waals surface area contributed by atoms with Crippen molar-refractivity contribution in [3.05, 3.63) is 0 Å². The van der Waals surface area contributed by atoms with Crippen molar-refractivity contribution in [1.82, 2.24) is 5.32 Å². The van der Waals surface area contributed by atoms with Gasteiger partial charge in [-0.2, -0.15) is 0 Å². The number of rotatable bonds is 19. The number of carboxylic acid groups (broad SMARTS) is 1. The molecule has 0 bridgehead atoms. The van der Waals surface area contributed by atoms with Crippen molar-refractivity contribution >= 4 is 12.1 Å². The van der Waals surface area contributed by atoms with Gasteiger partial charge in [0.2, 0.25) is 0 Å². The van der Waals surface area contributed by atoms with Gasteiger partial charge in [-0.1, -0.05) is 103 Å². The Labute approximate surface area is 160 Å². The second-order valence-corrected chi connectivity index (χ2v) is 7.18. The number of carbonyl (C=O) groups is 2. The van der Waals surface area contributed by atoms with Gasteiger partial charge < -0.3 is 15.2 Å². The van der Waals surface area contributed by atoms with Gasteiger partial charge >= 0.3 is 12.1 Å². The fourth-order valence-electron chi connectivity index (χ4n) is 3.03. The average Bonchev–Trinajstić information content (AvgIpc) is 2.62. The summed E-state index contributed by atoms with van der Waals surface area (Å²) >= 11 is 0. The standard InChI is InChI=1S/C21H41NO4/c1-2-3-4-5-6-7-8-9-10-11-12-13-14-15-16-17-18-26-20(23)19-22-21(24)25/h22H,2-19H2,1H3,(H,24,25). The van der Waals surface area contributed by atoms with Gasteiger partial charge in [0, 0.05) is 0 Å². The molecule has 0 radical (unpaired) electrons. The molecule has 5 heteroatoms. The number of hydrogen-bond donors (Lipinski definition) is 2. The molecule has 0 rings (SSSR count). The summed E-state index contributed by atoms with van der Waals surface area (Å²) in [5, 5.41) is 10.4. The first-order valence-electron chi connectivity index (χ1n) is 10.8.